The highest BCUT2D eigenvalue weighted by Gasteiger charge is 2.01. The molecule has 0 saturated carbocycles. The molecule has 0 unspecified atom stereocenters. The van der Waals surface area contributed by atoms with Crippen LogP contribution in [0.4, 0.5) is 8.78 Å². The van der Waals surface area contributed by atoms with E-state index < -0.39 is 6.08 Å². The zero-order chi connectivity index (χ0) is 13.5. The van der Waals surface area contributed by atoms with Gasteiger partial charge in [-0.1, -0.05) is 66.7 Å². The number of allylic oxidation sites excluding steroid dienone is 2. The van der Waals surface area contributed by atoms with E-state index in [-0.39, 0.29) is 6.42 Å². The summed E-state index contributed by atoms with van der Waals surface area (Å²) in [6.07, 6.45) is 1.47. The van der Waals surface area contributed by atoms with Crippen LogP contribution in [0, 0.1) is 0 Å². The molecule has 0 nitrogen and oxygen atoms in total. The van der Waals surface area contributed by atoms with Gasteiger partial charge in [-0.2, -0.15) is 8.78 Å². The summed E-state index contributed by atoms with van der Waals surface area (Å²) in [7, 11) is 0. The van der Waals surface area contributed by atoms with E-state index in [4.69, 9.17) is 0 Å². The third-order valence-electron chi connectivity index (χ3n) is 2.76. The van der Waals surface area contributed by atoms with Gasteiger partial charge < -0.3 is 0 Å². The van der Waals surface area contributed by atoms with E-state index in [1.54, 1.807) is 0 Å². The van der Waals surface area contributed by atoms with Crippen molar-refractivity contribution in [3.63, 3.8) is 0 Å². The summed E-state index contributed by atoms with van der Waals surface area (Å²) in [4.78, 5) is 0. The van der Waals surface area contributed by atoms with Crippen molar-refractivity contribution in [1.29, 1.82) is 0 Å². The maximum absolute atomic E-state index is 12.3. The summed E-state index contributed by atoms with van der Waals surface area (Å²) in [6.45, 7) is 0. The Morgan fingerprint density at radius 2 is 1.42 bits per heavy atom. The average Bonchev–Trinajstić information content (AvgIpc) is 2.45. The van der Waals surface area contributed by atoms with Crippen molar-refractivity contribution in [3.05, 3.63) is 83.9 Å². The fourth-order valence-electron chi connectivity index (χ4n) is 1.85. The summed E-state index contributed by atoms with van der Waals surface area (Å²) in [6, 6.07) is 19.3. The van der Waals surface area contributed by atoms with Crippen LogP contribution < -0.4 is 0 Å². The molecule has 0 fully saturated rings. The number of benzene rings is 2. The van der Waals surface area contributed by atoms with Gasteiger partial charge in [0.05, 0.1) is 0 Å². The van der Waals surface area contributed by atoms with Crippen molar-refractivity contribution in [2.24, 2.45) is 0 Å². The maximum Gasteiger partial charge on any atom is 0.266 e. The fraction of sp³-hybridized carbons (Fsp3) is 0.0588. The summed E-state index contributed by atoms with van der Waals surface area (Å²) in [5.74, 6) is 0. The van der Waals surface area contributed by atoms with Gasteiger partial charge in [-0.15, -0.1) is 0 Å². The molecule has 0 aliphatic rings. The maximum atomic E-state index is 12.3. The first-order valence-corrected chi connectivity index (χ1v) is 6.08. The van der Waals surface area contributed by atoms with Crippen LogP contribution in [0.3, 0.4) is 0 Å². The molecule has 0 spiro atoms. The molecule has 2 rings (SSSR count). The second-order valence-corrected chi connectivity index (χ2v) is 4.14. The molecule has 0 atom stereocenters. The van der Waals surface area contributed by atoms with Crippen LogP contribution in [0.1, 0.15) is 17.5 Å². The van der Waals surface area contributed by atoms with E-state index in [2.05, 4.69) is 0 Å². The first-order valence-electron chi connectivity index (χ1n) is 6.08. The van der Waals surface area contributed by atoms with Gasteiger partial charge in [0.2, 0.25) is 0 Å². The van der Waals surface area contributed by atoms with Crippen LogP contribution in [0.2, 0.25) is 0 Å². The Balaban J connectivity index is 2.35. The molecule has 19 heavy (non-hydrogen) atoms. The van der Waals surface area contributed by atoms with Crippen molar-refractivity contribution in [3.8, 4) is 0 Å². The molecule has 0 aliphatic carbocycles. The standard InChI is InChI=1S/C17H14F2/c18-17(19)12-11-16(15-9-5-2-6-10-15)13-14-7-3-1-4-8-14/h1-10,12-13H,11H2/b16-13-. The third kappa shape index (κ3) is 4.18. The van der Waals surface area contributed by atoms with Crippen molar-refractivity contribution < 1.29 is 8.78 Å². The first kappa shape index (κ1) is 13.2. The highest BCUT2D eigenvalue weighted by molar-refractivity contribution is 5.82. The lowest BCUT2D eigenvalue weighted by Gasteiger charge is -2.05. The largest absolute Gasteiger partial charge is 0.266 e. The van der Waals surface area contributed by atoms with Crippen molar-refractivity contribution in [2.45, 2.75) is 6.42 Å². The van der Waals surface area contributed by atoms with Crippen LogP contribution in [-0.2, 0) is 0 Å². The molecular weight excluding hydrogens is 242 g/mol. The van der Waals surface area contributed by atoms with Gasteiger partial charge in [0, 0.05) is 0 Å². The highest BCUT2D eigenvalue weighted by atomic mass is 19.3. The van der Waals surface area contributed by atoms with E-state index in [1.807, 2.05) is 66.7 Å². The lowest BCUT2D eigenvalue weighted by atomic mass is 10.00. The molecule has 0 aliphatic heterocycles. The molecule has 0 amide bonds. The van der Waals surface area contributed by atoms with Gasteiger partial charge in [-0.3, -0.25) is 0 Å². The topological polar surface area (TPSA) is 0 Å². The van der Waals surface area contributed by atoms with Crippen LogP contribution >= 0.6 is 0 Å². The fourth-order valence-corrected chi connectivity index (χ4v) is 1.85. The molecule has 0 heterocycles. The molecule has 0 N–H and O–H groups in total. The Labute approximate surface area is 111 Å². The van der Waals surface area contributed by atoms with Crippen molar-refractivity contribution in [1.82, 2.24) is 0 Å². The summed E-state index contributed by atoms with van der Waals surface area (Å²) >= 11 is 0. The van der Waals surface area contributed by atoms with Crippen LogP contribution in [-0.4, -0.2) is 0 Å². The zero-order valence-electron chi connectivity index (χ0n) is 10.4. The highest BCUT2D eigenvalue weighted by Crippen LogP contribution is 2.23. The normalized spacial score (nSPS) is 11.2. The number of hydrogen-bond acceptors (Lipinski definition) is 0. The lowest BCUT2D eigenvalue weighted by Crippen LogP contribution is -1.84. The minimum absolute atomic E-state index is 0.223. The Kier molecular flexibility index (Phi) is 4.62. The molecule has 0 radical (unpaired) electrons. The molecule has 96 valence electrons. The summed E-state index contributed by atoms with van der Waals surface area (Å²) in [5.41, 5.74) is 2.84. The molecular formula is C17H14F2. The van der Waals surface area contributed by atoms with Gasteiger partial charge in [0.15, 0.2) is 0 Å². The van der Waals surface area contributed by atoms with Gasteiger partial charge in [-0.25, -0.2) is 0 Å². The van der Waals surface area contributed by atoms with E-state index in [0.29, 0.717) is 0 Å². The minimum atomic E-state index is -1.64. The predicted octanol–water partition coefficient (Wildman–Crippen LogP) is 5.40. The third-order valence-corrected chi connectivity index (χ3v) is 2.76. The van der Waals surface area contributed by atoms with Crippen LogP contribution in [0.5, 0.6) is 0 Å². The molecule has 0 aromatic heterocycles. The monoisotopic (exact) mass is 256 g/mol. The quantitative estimate of drug-likeness (QED) is 0.643. The Morgan fingerprint density at radius 3 is 2.00 bits per heavy atom. The van der Waals surface area contributed by atoms with Gasteiger partial charge in [0.25, 0.3) is 6.08 Å². The number of halogens is 2. The molecule has 2 aromatic rings. The van der Waals surface area contributed by atoms with E-state index >= 15 is 0 Å². The van der Waals surface area contributed by atoms with Gasteiger partial charge in [0.1, 0.15) is 0 Å². The second-order valence-electron chi connectivity index (χ2n) is 4.14. The van der Waals surface area contributed by atoms with Crippen LogP contribution in [0.15, 0.2) is 72.8 Å². The number of hydrogen-bond donors (Lipinski definition) is 0. The lowest BCUT2D eigenvalue weighted by molar-refractivity contribution is 0.419. The smallest absolute Gasteiger partial charge is 0.174 e. The summed E-state index contributed by atoms with van der Waals surface area (Å²) in [5, 5.41) is 0. The van der Waals surface area contributed by atoms with E-state index in [1.165, 1.54) is 0 Å². The summed E-state index contributed by atoms with van der Waals surface area (Å²) < 4.78 is 24.6. The Morgan fingerprint density at radius 1 is 0.842 bits per heavy atom. The SMILES string of the molecule is FC(F)=CC/C(=C/c1ccccc1)c1ccccc1. The van der Waals surface area contributed by atoms with Crippen molar-refractivity contribution >= 4 is 11.6 Å². The number of rotatable bonds is 4. The first-order chi connectivity index (χ1) is 9.25. The predicted molar refractivity (Wildman–Crippen MR) is 75.7 cm³/mol. The Hall–Kier alpha value is -2.22. The molecule has 2 heteroatoms. The van der Waals surface area contributed by atoms with E-state index in [9.17, 15) is 8.78 Å². The van der Waals surface area contributed by atoms with Crippen LogP contribution in [0.25, 0.3) is 11.6 Å². The van der Waals surface area contributed by atoms with Crippen molar-refractivity contribution in [2.75, 3.05) is 0 Å². The molecule has 2 aromatic carbocycles. The average molecular weight is 256 g/mol. The molecule has 0 bridgehead atoms. The second kappa shape index (κ2) is 6.64. The zero-order valence-corrected chi connectivity index (χ0v) is 10.4. The minimum Gasteiger partial charge on any atom is -0.174 e. The van der Waals surface area contributed by atoms with Gasteiger partial charge in [-0.05, 0) is 29.2 Å². The van der Waals surface area contributed by atoms with Gasteiger partial charge >= 0.3 is 0 Å². The molecule has 0 saturated heterocycles. The van der Waals surface area contributed by atoms with E-state index in [0.717, 1.165) is 22.8 Å². The Bertz CT molecular complexity index is 565.